The molecule has 2 N–H and O–H groups in total. The van der Waals surface area contributed by atoms with E-state index in [4.69, 9.17) is 0 Å². The Hall–Kier alpha value is -2.31. The van der Waals surface area contributed by atoms with Gasteiger partial charge in [0.25, 0.3) is 0 Å². The number of urea groups is 1. The lowest BCUT2D eigenvalue weighted by molar-refractivity contribution is 0.226. The lowest BCUT2D eigenvalue weighted by Crippen LogP contribution is -2.50. The van der Waals surface area contributed by atoms with Crippen molar-refractivity contribution in [3.63, 3.8) is 0 Å². The smallest absolute Gasteiger partial charge is 0.315 e. The number of rotatable bonds is 3. The van der Waals surface area contributed by atoms with E-state index in [0.717, 1.165) is 55.5 Å². The van der Waals surface area contributed by atoms with E-state index in [1.54, 1.807) is 0 Å². The third-order valence-corrected chi connectivity index (χ3v) is 5.99. The molecule has 0 unspecified atom stereocenters. The second-order valence-corrected chi connectivity index (χ2v) is 7.95. The van der Waals surface area contributed by atoms with Crippen LogP contribution in [-0.4, -0.2) is 46.0 Å². The van der Waals surface area contributed by atoms with Gasteiger partial charge in [0.2, 0.25) is 0 Å². The number of carbonyl (C=O) groups excluding carboxylic acids is 1. The molecule has 1 aliphatic carbocycles. The molecule has 4 rings (SSSR count). The van der Waals surface area contributed by atoms with Gasteiger partial charge in [-0.15, -0.1) is 0 Å². The summed E-state index contributed by atoms with van der Waals surface area (Å²) in [4.78, 5) is 19.2. The average molecular weight is 371 g/mol. The third-order valence-electron chi connectivity index (χ3n) is 5.99. The number of fused-ring (bicyclic) bond motifs is 1. The van der Waals surface area contributed by atoms with E-state index in [1.165, 1.54) is 24.9 Å². The van der Waals surface area contributed by atoms with Crippen LogP contribution < -0.4 is 15.5 Å². The molecule has 1 saturated carbocycles. The summed E-state index contributed by atoms with van der Waals surface area (Å²) in [6.07, 6.45) is 9.79. The lowest BCUT2D eigenvalue weighted by atomic mass is 9.96. The fourth-order valence-corrected chi connectivity index (χ4v) is 4.54. The van der Waals surface area contributed by atoms with Crippen molar-refractivity contribution in [2.75, 3.05) is 18.0 Å². The molecule has 27 heavy (non-hydrogen) atoms. The molecule has 0 spiro atoms. The molecule has 2 aromatic heterocycles. The van der Waals surface area contributed by atoms with E-state index in [9.17, 15) is 4.79 Å². The monoisotopic (exact) mass is 370 g/mol. The fraction of sp³-hybridized carbons (Fsp3) is 0.650. The zero-order chi connectivity index (χ0) is 18.8. The van der Waals surface area contributed by atoms with E-state index >= 15 is 0 Å². The van der Waals surface area contributed by atoms with Crippen molar-refractivity contribution in [1.29, 1.82) is 0 Å². The van der Waals surface area contributed by atoms with E-state index in [1.807, 2.05) is 24.9 Å². The van der Waals surface area contributed by atoms with E-state index in [0.29, 0.717) is 6.04 Å². The number of aryl methyl sites for hydroxylation is 2. The molecule has 1 saturated heterocycles. The van der Waals surface area contributed by atoms with Crippen LogP contribution in [0.2, 0.25) is 0 Å². The van der Waals surface area contributed by atoms with E-state index in [-0.39, 0.29) is 12.1 Å². The third kappa shape index (κ3) is 3.87. The van der Waals surface area contributed by atoms with Crippen LogP contribution in [0.3, 0.4) is 0 Å². The first-order valence-corrected chi connectivity index (χ1v) is 10.2. The summed E-state index contributed by atoms with van der Waals surface area (Å²) in [5.74, 6) is 0. The molecule has 146 valence electrons. The number of hydrogen-bond donors (Lipinski definition) is 2. The zero-order valence-corrected chi connectivity index (χ0v) is 16.4. The highest BCUT2D eigenvalue weighted by atomic mass is 16.2. The van der Waals surface area contributed by atoms with Crippen LogP contribution in [0.4, 0.5) is 10.5 Å². The summed E-state index contributed by atoms with van der Waals surface area (Å²) in [6.45, 7) is 3.90. The summed E-state index contributed by atoms with van der Waals surface area (Å²) in [5, 5.41) is 12.0. The first-order valence-electron chi connectivity index (χ1n) is 10.2. The van der Waals surface area contributed by atoms with Crippen LogP contribution in [0.15, 0.2) is 12.3 Å². The molecule has 7 nitrogen and oxygen atoms in total. The number of amides is 2. The fourth-order valence-electron chi connectivity index (χ4n) is 4.54. The number of carbonyl (C=O) groups is 1. The van der Waals surface area contributed by atoms with Gasteiger partial charge in [0.05, 0.1) is 16.8 Å². The van der Waals surface area contributed by atoms with Gasteiger partial charge in [-0.25, -0.2) is 9.78 Å². The molecule has 0 aromatic carbocycles. The van der Waals surface area contributed by atoms with Crippen LogP contribution in [0.5, 0.6) is 0 Å². The van der Waals surface area contributed by atoms with Crippen LogP contribution in [0.25, 0.3) is 11.0 Å². The standard InChI is InChI=1S/C20H30N6O/c1-14-18-17(8-11-21-19(18)25(2)24-14)26-12-9-16(10-13-26)23-20(27)22-15-6-4-3-5-7-15/h8,11,15-16H,3-7,9-10,12-13H2,1-2H3,(H2,22,23,27). The van der Waals surface area contributed by atoms with Gasteiger partial charge in [-0.05, 0) is 38.7 Å². The van der Waals surface area contributed by atoms with Gasteiger partial charge in [0.1, 0.15) is 0 Å². The molecule has 2 aliphatic rings. The van der Waals surface area contributed by atoms with Crippen molar-refractivity contribution in [1.82, 2.24) is 25.4 Å². The first-order chi connectivity index (χ1) is 13.1. The van der Waals surface area contributed by atoms with Gasteiger partial charge >= 0.3 is 6.03 Å². The summed E-state index contributed by atoms with van der Waals surface area (Å²) in [7, 11) is 1.94. The zero-order valence-electron chi connectivity index (χ0n) is 16.4. The maximum Gasteiger partial charge on any atom is 0.315 e. The summed E-state index contributed by atoms with van der Waals surface area (Å²) in [6, 6.07) is 2.70. The lowest BCUT2D eigenvalue weighted by Gasteiger charge is -2.34. The number of nitrogens with zero attached hydrogens (tertiary/aromatic N) is 4. The first kappa shape index (κ1) is 18.1. The SMILES string of the molecule is Cc1nn(C)c2nccc(N3CCC(NC(=O)NC4CCCCC4)CC3)c12. The number of hydrogen-bond acceptors (Lipinski definition) is 4. The Labute approximate surface area is 160 Å². The second-order valence-electron chi connectivity index (χ2n) is 7.95. The minimum absolute atomic E-state index is 0.00903. The molecule has 2 fully saturated rings. The molecule has 0 atom stereocenters. The van der Waals surface area contributed by atoms with Crippen molar-refractivity contribution in [3.8, 4) is 0 Å². The summed E-state index contributed by atoms with van der Waals surface area (Å²) in [5.41, 5.74) is 3.15. The molecule has 2 aromatic rings. The number of aromatic nitrogens is 3. The van der Waals surface area contributed by atoms with Crippen LogP contribution in [0, 0.1) is 6.92 Å². The van der Waals surface area contributed by atoms with Crippen molar-refractivity contribution < 1.29 is 4.79 Å². The number of pyridine rings is 1. The number of nitrogens with one attached hydrogen (secondary N) is 2. The van der Waals surface area contributed by atoms with E-state index < -0.39 is 0 Å². The Morgan fingerprint density at radius 1 is 1.07 bits per heavy atom. The summed E-state index contributed by atoms with van der Waals surface area (Å²) >= 11 is 0. The maximum absolute atomic E-state index is 12.3. The second kappa shape index (κ2) is 7.74. The van der Waals surface area contributed by atoms with Gasteiger partial charge in [-0.2, -0.15) is 5.10 Å². The Balaban J connectivity index is 1.35. The number of piperidine rings is 1. The molecule has 0 bridgehead atoms. The Bertz CT molecular complexity index is 802. The van der Waals surface area contributed by atoms with Crippen molar-refractivity contribution in [2.24, 2.45) is 7.05 Å². The molecule has 2 amide bonds. The van der Waals surface area contributed by atoms with E-state index in [2.05, 4.69) is 31.7 Å². The van der Waals surface area contributed by atoms with Gasteiger partial charge in [-0.3, -0.25) is 4.68 Å². The number of anilines is 1. The normalized spacial score (nSPS) is 19.4. The highest BCUT2D eigenvalue weighted by molar-refractivity contribution is 5.92. The van der Waals surface area contributed by atoms with Gasteiger partial charge in [0.15, 0.2) is 5.65 Å². The molecule has 1 aliphatic heterocycles. The maximum atomic E-state index is 12.3. The van der Waals surface area contributed by atoms with Crippen LogP contribution in [0.1, 0.15) is 50.6 Å². The van der Waals surface area contributed by atoms with Crippen LogP contribution in [-0.2, 0) is 7.05 Å². The van der Waals surface area contributed by atoms with Crippen LogP contribution >= 0.6 is 0 Å². The van der Waals surface area contributed by atoms with Crippen molar-refractivity contribution >= 4 is 22.8 Å². The predicted molar refractivity (Wildman–Crippen MR) is 107 cm³/mol. The highest BCUT2D eigenvalue weighted by Gasteiger charge is 2.24. The molecule has 3 heterocycles. The molecular weight excluding hydrogens is 340 g/mol. The van der Waals surface area contributed by atoms with Gasteiger partial charge in [-0.1, -0.05) is 19.3 Å². The largest absolute Gasteiger partial charge is 0.371 e. The quantitative estimate of drug-likeness (QED) is 0.871. The highest BCUT2D eigenvalue weighted by Crippen LogP contribution is 2.29. The minimum atomic E-state index is 0.00903. The average Bonchev–Trinajstić information content (AvgIpc) is 2.97. The predicted octanol–water partition coefficient (Wildman–Crippen LogP) is 2.88. The topological polar surface area (TPSA) is 75.1 Å². The minimum Gasteiger partial charge on any atom is -0.371 e. The Morgan fingerprint density at radius 3 is 2.44 bits per heavy atom. The van der Waals surface area contributed by atoms with Crippen molar-refractivity contribution in [2.45, 2.75) is 64.0 Å². The molecule has 7 heteroatoms. The van der Waals surface area contributed by atoms with Crippen molar-refractivity contribution in [3.05, 3.63) is 18.0 Å². The summed E-state index contributed by atoms with van der Waals surface area (Å²) < 4.78 is 1.85. The molecule has 0 radical (unpaired) electrons. The van der Waals surface area contributed by atoms with Gasteiger partial charge < -0.3 is 15.5 Å². The van der Waals surface area contributed by atoms with Gasteiger partial charge in [0, 0.05) is 38.4 Å². The Morgan fingerprint density at radius 2 is 1.74 bits per heavy atom. The Kier molecular flexibility index (Phi) is 5.18. The molecular formula is C20H30N6O.